The first-order valence-corrected chi connectivity index (χ1v) is 9.07. The molecule has 0 spiro atoms. The molecule has 1 aromatic carbocycles. The molecule has 7 heteroatoms. The number of thioether (sulfide) groups is 1. The van der Waals surface area contributed by atoms with Gasteiger partial charge in [-0.1, -0.05) is 0 Å². The first-order valence-electron chi connectivity index (χ1n) is 5.64. The van der Waals surface area contributed by atoms with Crippen LogP contribution in [0.3, 0.4) is 0 Å². The second-order valence-corrected chi connectivity index (χ2v) is 7.91. The highest BCUT2D eigenvalue weighted by Crippen LogP contribution is 2.25. The summed E-state index contributed by atoms with van der Waals surface area (Å²) in [6.45, 7) is 0. The summed E-state index contributed by atoms with van der Waals surface area (Å²) in [5, 5.41) is 0. The fourth-order valence-corrected chi connectivity index (χ4v) is 5.39. The number of benzene rings is 1. The van der Waals surface area contributed by atoms with E-state index in [0.717, 1.165) is 24.3 Å². The van der Waals surface area contributed by atoms with Crippen LogP contribution in [0.15, 0.2) is 27.6 Å². The number of nitrogen functional groups attached to an aromatic ring is 1. The lowest BCUT2D eigenvalue weighted by Crippen LogP contribution is -2.38. The summed E-state index contributed by atoms with van der Waals surface area (Å²) >= 11 is 5.03. The van der Waals surface area contributed by atoms with Gasteiger partial charge in [0.2, 0.25) is 10.0 Å². The van der Waals surface area contributed by atoms with Crippen molar-refractivity contribution in [3.63, 3.8) is 0 Å². The van der Waals surface area contributed by atoms with Crippen molar-refractivity contribution in [3.8, 4) is 0 Å². The van der Waals surface area contributed by atoms with E-state index in [1.807, 2.05) is 0 Å². The van der Waals surface area contributed by atoms with Crippen LogP contribution < -0.4 is 10.5 Å². The van der Waals surface area contributed by atoms with Crippen LogP contribution in [0.2, 0.25) is 0 Å². The van der Waals surface area contributed by atoms with Crippen molar-refractivity contribution in [3.05, 3.63) is 22.7 Å². The monoisotopic (exact) mass is 350 g/mol. The van der Waals surface area contributed by atoms with E-state index < -0.39 is 10.0 Å². The predicted molar refractivity (Wildman–Crippen MR) is 79.2 cm³/mol. The quantitative estimate of drug-likeness (QED) is 0.819. The molecule has 0 amide bonds. The molecule has 0 bridgehead atoms. The molecule has 1 aromatic rings. The van der Waals surface area contributed by atoms with Crippen molar-refractivity contribution in [1.82, 2.24) is 4.72 Å². The third-order valence-electron chi connectivity index (χ3n) is 2.73. The molecule has 2 rings (SSSR count). The van der Waals surface area contributed by atoms with Crippen molar-refractivity contribution in [1.29, 1.82) is 0 Å². The molecule has 0 aliphatic carbocycles. The van der Waals surface area contributed by atoms with Gasteiger partial charge in [-0.3, -0.25) is 0 Å². The Bertz CT molecular complexity index is 528. The van der Waals surface area contributed by atoms with Gasteiger partial charge in [0, 0.05) is 22.0 Å². The average molecular weight is 351 g/mol. The van der Waals surface area contributed by atoms with E-state index in [-0.39, 0.29) is 10.9 Å². The minimum Gasteiger partial charge on any atom is -0.399 e. The Morgan fingerprint density at radius 2 is 2.22 bits per heavy atom. The van der Waals surface area contributed by atoms with Crippen LogP contribution in [-0.2, 0) is 10.0 Å². The number of sulfonamides is 1. The van der Waals surface area contributed by atoms with Crippen LogP contribution in [0.25, 0.3) is 0 Å². The maximum Gasteiger partial charge on any atom is 0.241 e. The Balaban J connectivity index is 2.19. The Morgan fingerprint density at radius 1 is 1.44 bits per heavy atom. The van der Waals surface area contributed by atoms with Crippen LogP contribution in [0.5, 0.6) is 0 Å². The smallest absolute Gasteiger partial charge is 0.241 e. The highest BCUT2D eigenvalue weighted by molar-refractivity contribution is 9.10. The van der Waals surface area contributed by atoms with E-state index in [4.69, 9.17) is 5.73 Å². The largest absolute Gasteiger partial charge is 0.399 e. The van der Waals surface area contributed by atoms with Crippen molar-refractivity contribution >= 4 is 43.4 Å². The molecule has 0 aromatic heterocycles. The fourth-order valence-electron chi connectivity index (χ4n) is 1.85. The van der Waals surface area contributed by atoms with Gasteiger partial charge in [0.05, 0.1) is 4.90 Å². The van der Waals surface area contributed by atoms with E-state index >= 15 is 0 Å². The van der Waals surface area contributed by atoms with Crippen LogP contribution in [0, 0.1) is 0 Å². The standard InChI is InChI=1S/C11H15BrN2O2S2/c12-10-6-8(13)3-4-11(10)18(15,16)14-9-2-1-5-17-7-9/h3-4,6,9,14H,1-2,5,7,13H2. The molecule has 3 N–H and O–H groups in total. The first kappa shape index (κ1) is 14.2. The van der Waals surface area contributed by atoms with E-state index in [1.54, 1.807) is 23.9 Å². The number of hydrogen-bond donors (Lipinski definition) is 2. The van der Waals surface area contributed by atoms with Crippen LogP contribution in [0.1, 0.15) is 12.8 Å². The molecular weight excluding hydrogens is 336 g/mol. The van der Waals surface area contributed by atoms with Crippen molar-refractivity contribution < 1.29 is 8.42 Å². The van der Waals surface area contributed by atoms with Gasteiger partial charge in [-0.15, -0.1) is 0 Å². The Kier molecular flexibility index (Phi) is 4.58. The number of nitrogens with one attached hydrogen (secondary N) is 1. The van der Waals surface area contributed by atoms with Crippen molar-refractivity contribution in [2.45, 2.75) is 23.8 Å². The molecule has 1 unspecified atom stereocenters. The number of anilines is 1. The minimum atomic E-state index is -3.47. The summed E-state index contributed by atoms with van der Waals surface area (Å²) in [7, 11) is -3.47. The van der Waals surface area contributed by atoms with Gasteiger partial charge in [0.1, 0.15) is 0 Å². The van der Waals surface area contributed by atoms with Gasteiger partial charge in [-0.2, -0.15) is 11.8 Å². The number of nitrogens with two attached hydrogens (primary N) is 1. The molecule has 1 saturated heterocycles. The van der Waals surface area contributed by atoms with Gasteiger partial charge in [0.15, 0.2) is 0 Å². The topological polar surface area (TPSA) is 72.2 Å². The molecule has 0 saturated carbocycles. The van der Waals surface area contributed by atoms with Crippen LogP contribution in [-0.4, -0.2) is 26.0 Å². The Hall–Kier alpha value is -0.240. The lowest BCUT2D eigenvalue weighted by Gasteiger charge is -2.22. The SMILES string of the molecule is Nc1ccc(S(=O)(=O)NC2CCCSC2)c(Br)c1. The molecule has 1 aliphatic heterocycles. The number of hydrogen-bond acceptors (Lipinski definition) is 4. The van der Waals surface area contributed by atoms with E-state index in [2.05, 4.69) is 20.7 Å². The molecule has 1 fully saturated rings. The van der Waals surface area contributed by atoms with Crippen molar-refractivity contribution in [2.24, 2.45) is 0 Å². The molecule has 1 heterocycles. The zero-order valence-electron chi connectivity index (χ0n) is 9.73. The highest BCUT2D eigenvalue weighted by Gasteiger charge is 2.23. The summed E-state index contributed by atoms with van der Waals surface area (Å²) in [4.78, 5) is 0.243. The summed E-state index contributed by atoms with van der Waals surface area (Å²) in [5.74, 6) is 1.95. The lowest BCUT2D eigenvalue weighted by atomic mass is 10.2. The first-order chi connectivity index (χ1) is 8.49. The zero-order chi connectivity index (χ0) is 13.2. The normalized spacial score (nSPS) is 20.8. The van der Waals surface area contributed by atoms with Crippen LogP contribution >= 0.6 is 27.7 Å². The molecule has 100 valence electrons. The Morgan fingerprint density at radius 3 is 2.83 bits per heavy atom. The summed E-state index contributed by atoms with van der Waals surface area (Å²) < 4.78 is 27.7. The van der Waals surface area contributed by atoms with Gasteiger partial charge < -0.3 is 5.73 Å². The van der Waals surface area contributed by atoms with E-state index in [1.165, 1.54) is 6.07 Å². The molecule has 18 heavy (non-hydrogen) atoms. The third-order valence-corrected chi connectivity index (χ3v) is 6.44. The van der Waals surface area contributed by atoms with E-state index in [9.17, 15) is 8.42 Å². The Labute approximate surface area is 120 Å². The molecule has 1 atom stereocenters. The maximum atomic E-state index is 12.2. The highest BCUT2D eigenvalue weighted by atomic mass is 79.9. The van der Waals surface area contributed by atoms with Gasteiger partial charge in [0.25, 0.3) is 0 Å². The maximum absolute atomic E-state index is 12.2. The predicted octanol–water partition coefficient (Wildman–Crippen LogP) is 2.21. The van der Waals surface area contributed by atoms with Crippen molar-refractivity contribution in [2.75, 3.05) is 17.2 Å². The van der Waals surface area contributed by atoms with Crippen LogP contribution in [0.4, 0.5) is 5.69 Å². The lowest BCUT2D eigenvalue weighted by molar-refractivity contribution is 0.543. The van der Waals surface area contributed by atoms with Gasteiger partial charge in [-0.25, -0.2) is 13.1 Å². The number of rotatable bonds is 3. The molecule has 4 nitrogen and oxygen atoms in total. The zero-order valence-corrected chi connectivity index (χ0v) is 12.9. The number of halogens is 1. The third kappa shape index (κ3) is 3.40. The van der Waals surface area contributed by atoms with E-state index in [0.29, 0.717) is 10.2 Å². The average Bonchev–Trinajstić information content (AvgIpc) is 2.29. The second kappa shape index (κ2) is 5.81. The molecule has 1 aliphatic rings. The van der Waals surface area contributed by atoms with Gasteiger partial charge in [-0.05, 0) is 52.7 Å². The summed E-state index contributed by atoms with van der Waals surface area (Å²) in [6.07, 6.45) is 1.96. The fraction of sp³-hybridized carbons (Fsp3) is 0.455. The second-order valence-electron chi connectivity index (χ2n) is 4.23. The molecule has 0 radical (unpaired) electrons. The molecular formula is C11H15BrN2O2S2. The summed E-state index contributed by atoms with van der Waals surface area (Å²) in [5.41, 5.74) is 6.14. The summed E-state index contributed by atoms with van der Waals surface area (Å²) in [6, 6.07) is 4.75. The minimum absolute atomic E-state index is 0.0261. The van der Waals surface area contributed by atoms with Gasteiger partial charge >= 0.3 is 0 Å².